The average Bonchev–Trinajstić information content (AvgIpc) is 2.82. The summed E-state index contributed by atoms with van der Waals surface area (Å²) in [5.74, 6) is 0.659. The number of carbonyl (C=O) groups excluding carboxylic acids is 1. The molecule has 0 aromatic heterocycles. The van der Waals surface area contributed by atoms with E-state index >= 15 is 0 Å². The van der Waals surface area contributed by atoms with Crippen LogP contribution in [-0.4, -0.2) is 31.6 Å². The molecule has 1 N–H and O–H groups in total. The van der Waals surface area contributed by atoms with Gasteiger partial charge in [-0.25, -0.2) is 0 Å². The van der Waals surface area contributed by atoms with E-state index in [0.29, 0.717) is 5.78 Å². The van der Waals surface area contributed by atoms with Gasteiger partial charge in [0.05, 0.1) is 0 Å². The van der Waals surface area contributed by atoms with Crippen LogP contribution < -0.4 is 5.32 Å². The summed E-state index contributed by atoms with van der Waals surface area (Å²) in [5, 5.41) is 3.29. The van der Waals surface area contributed by atoms with Crippen LogP contribution in [0.1, 0.15) is 38.5 Å². The second kappa shape index (κ2) is 4.62. The molecule has 2 fully saturated rings. The lowest BCUT2D eigenvalue weighted by Gasteiger charge is -2.36. The zero-order chi connectivity index (χ0) is 10.7. The minimum Gasteiger partial charge on any atom is -0.370 e. The normalized spacial score (nSPS) is 26.7. The zero-order valence-corrected chi connectivity index (χ0v) is 9.55. The number of rotatable bonds is 3. The van der Waals surface area contributed by atoms with Gasteiger partial charge >= 0.3 is 0 Å². The first-order valence-corrected chi connectivity index (χ1v) is 6.09. The van der Waals surface area contributed by atoms with Gasteiger partial charge in [0.25, 0.3) is 0 Å². The highest BCUT2D eigenvalue weighted by Gasteiger charge is 2.43. The van der Waals surface area contributed by atoms with E-state index in [0.717, 1.165) is 38.8 Å². The molecule has 3 heteroatoms. The molecule has 3 nitrogen and oxygen atoms in total. The van der Waals surface area contributed by atoms with Crippen LogP contribution in [0.2, 0.25) is 0 Å². The Morgan fingerprint density at radius 2 is 1.87 bits per heavy atom. The lowest BCUT2D eigenvalue weighted by molar-refractivity contribution is -0.148. The summed E-state index contributed by atoms with van der Waals surface area (Å²) < 4.78 is 5.56. The molecule has 2 rings (SSSR count). The van der Waals surface area contributed by atoms with E-state index in [1.165, 1.54) is 12.8 Å². The molecule has 1 saturated heterocycles. The SMILES string of the molecule is COC1(C(=O)C2CCCC2)CCNCC1. The predicted octanol–water partition coefficient (Wildman–Crippen LogP) is 1.51. The van der Waals surface area contributed by atoms with Crippen molar-refractivity contribution in [1.29, 1.82) is 0 Å². The lowest BCUT2D eigenvalue weighted by atomic mass is 9.81. The Morgan fingerprint density at radius 3 is 2.40 bits per heavy atom. The number of ketones is 1. The predicted molar refractivity (Wildman–Crippen MR) is 58.8 cm³/mol. The second-order valence-electron chi connectivity index (χ2n) is 4.79. The smallest absolute Gasteiger partial charge is 0.167 e. The maximum absolute atomic E-state index is 12.4. The highest BCUT2D eigenvalue weighted by Crippen LogP contribution is 2.34. The Labute approximate surface area is 91.6 Å². The third kappa shape index (κ3) is 2.08. The maximum atomic E-state index is 12.4. The molecule has 0 amide bonds. The first kappa shape index (κ1) is 11.1. The fourth-order valence-corrected chi connectivity index (χ4v) is 2.94. The topological polar surface area (TPSA) is 38.3 Å². The molecule has 0 bridgehead atoms. The number of carbonyl (C=O) groups is 1. The lowest BCUT2D eigenvalue weighted by Crippen LogP contribution is -2.51. The van der Waals surface area contributed by atoms with Crippen LogP contribution in [-0.2, 0) is 9.53 Å². The summed E-state index contributed by atoms with van der Waals surface area (Å²) in [6.45, 7) is 1.82. The van der Waals surface area contributed by atoms with Gasteiger partial charge in [-0.15, -0.1) is 0 Å². The molecular weight excluding hydrogens is 190 g/mol. The Hall–Kier alpha value is -0.410. The van der Waals surface area contributed by atoms with Gasteiger partial charge < -0.3 is 10.1 Å². The van der Waals surface area contributed by atoms with Gasteiger partial charge in [-0.05, 0) is 38.8 Å². The maximum Gasteiger partial charge on any atom is 0.167 e. The van der Waals surface area contributed by atoms with E-state index in [1.54, 1.807) is 7.11 Å². The van der Waals surface area contributed by atoms with Crippen molar-refractivity contribution in [2.45, 2.75) is 44.1 Å². The molecule has 0 unspecified atom stereocenters. The number of Topliss-reactive ketones (excluding diaryl/α,β-unsaturated/α-hetero) is 1. The van der Waals surface area contributed by atoms with Gasteiger partial charge in [0, 0.05) is 13.0 Å². The Balaban J connectivity index is 2.06. The van der Waals surface area contributed by atoms with E-state index in [4.69, 9.17) is 4.74 Å². The fourth-order valence-electron chi connectivity index (χ4n) is 2.94. The first-order valence-electron chi connectivity index (χ1n) is 6.09. The number of piperidine rings is 1. The third-order valence-corrected chi connectivity index (χ3v) is 3.98. The first-order chi connectivity index (χ1) is 7.28. The molecule has 1 heterocycles. The van der Waals surface area contributed by atoms with Crippen LogP contribution in [0.4, 0.5) is 0 Å². The largest absolute Gasteiger partial charge is 0.370 e. The van der Waals surface area contributed by atoms with Crippen molar-refractivity contribution in [3.05, 3.63) is 0 Å². The highest BCUT2D eigenvalue weighted by molar-refractivity contribution is 5.89. The molecular formula is C12H21NO2. The molecule has 1 saturated carbocycles. The van der Waals surface area contributed by atoms with Crippen molar-refractivity contribution in [2.24, 2.45) is 5.92 Å². The molecule has 0 aromatic carbocycles. The van der Waals surface area contributed by atoms with Crippen LogP contribution in [0.15, 0.2) is 0 Å². The Morgan fingerprint density at radius 1 is 1.27 bits per heavy atom. The van der Waals surface area contributed by atoms with E-state index < -0.39 is 5.60 Å². The van der Waals surface area contributed by atoms with E-state index in [-0.39, 0.29) is 5.92 Å². The van der Waals surface area contributed by atoms with Crippen LogP contribution in [0.3, 0.4) is 0 Å². The van der Waals surface area contributed by atoms with Crippen molar-refractivity contribution in [2.75, 3.05) is 20.2 Å². The monoisotopic (exact) mass is 211 g/mol. The highest BCUT2D eigenvalue weighted by atomic mass is 16.5. The molecule has 1 aliphatic carbocycles. The quantitative estimate of drug-likeness (QED) is 0.769. The van der Waals surface area contributed by atoms with Crippen LogP contribution in [0, 0.1) is 5.92 Å². The third-order valence-electron chi connectivity index (χ3n) is 3.98. The molecule has 0 atom stereocenters. The molecule has 15 heavy (non-hydrogen) atoms. The number of ether oxygens (including phenoxy) is 1. The van der Waals surface area contributed by atoms with Gasteiger partial charge in [-0.2, -0.15) is 0 Å². The standard InChI is InChI=1S/C12H21NO2/c1-15-12(6-8-13-9-7-12)11(14)10-4-2-3-5-10/h10,13H,2-9H2,1H3. The zero-order valence-electron chi connectivity index (χ0n) is 9.55. The second-order valence-corrected chi connectivity index (χ2v) is 4.79. The fraction of sp³-hybridized carbons (Fsp3) is 0.917. The minimum atomic E-state index is -0.458. The Bertz CT molecular complexity index is 228. The summed E-state index contributed by atoms with van der Waals surface area (Å²) in [5.41, 5.74) is -0.458. The van der Waals surface area contributed by atoms with E-state index in [9.17, 15) is 4.79 Å². The summed E-state index contributed by atoms with van der Waals surface area (Å²) >= 11 is 0. The van der Waals surface area contributed by atoms with Gasteiger partial charge in [0.15, 0.2) is 5.78 Å². The molecule has 0 radical (unpaired) electrons. The summed E-state index contributed by atoms with van der Waals surface area (Å²) in [6, 6.07) is 0. The van der Waals surface area contributed by atoms with Crippen molar-refractivity contribution >= 4 is 5.78 Å². The number of nitrogens with one attached hydrogen (secondary N) is 1. The van der Waals surface area contributed by atoms with Crippen molar-refractivity contribution < 1.29 is 9.53 Å². The van der Waals surface area contributed by atoms with Crippen molar-refractivity contribution in [1.82, 2.24) is 5.32 Å². The van der Waals surface area contributed by atoms with Gasteiger partial charge in [0.2, 0.25) is 0 Å². The van der Waals surface area contributed by atoms with Gasteiger partial charge in [-0.3, -0.25) is 4.79 Å². The number of methoxy groups -OCH3 is 1. The van der Waals surface area contributed by atoms with Crippen molar-refractivity contribution in [3.8, 4) is 0 Å². The molecule has 2 aliphatic rings. The number of hydrogen-bond donors (Lipinski definition) is 1. The van der Waals surface area contributed by atoms with E-state index in [2.05, 4.69) is 5.32 Å². The van der Waals surface area contributed by atoms with Gasteiger partial charge in [-0.1, -0.05) is 12.8 Å². The molecule has 0 aromatic rings. The van der Waals surface area contributed by atoms with Gasteiger partial charge in [0.1, 0.15) is 5.60 Å². The minimum absolute atomic E-state index is 0.281. The molecule has 1 aliphatic heterocycles. The van der Waals surface area contributed by atoms with E-state index in [1.807, 2.05) is 0 Å². The molecule has 0 spiro atoms. The summed E-state index contributed by atoms with van der Waals surface area (Å²) in [7, 11) is 1.69. The van der Waals surface area contributed by atoms with Crippen LogP contribution in [0.5, 0.6) is 0 Å². The number of hydrogen-bond acceptors (Lipinski definition) is 3. The molecule has 86 valence electrons. The van der Waals surface area contributed by atoms with Crippen LogP contribution >= 0.6 is 0 Å². The van der Waals surface area contributed by atoms with Crippen molar-refractivity contribution in [3.63, 3.8) is 0 Å². The summed E-state index contributed by atoms with van der Waals surface area (Å²) in [6.07, 6.45) is 6.29. The summed E-state index contributed by atoms with van der Waals surface area (Å²) in [4.78, 5) is 12.4. The average molecular weight is 211 g/mol. The van der Waals surface area contributed by atoms with Crippen LogP contribution in [0.25, 0.3) is 0 Å². The Kier molecular flexibility index (Phi) is 3.42.